The molecule has 11 heavy (non-hydrogen) atoms. The summed E-state index contributed by atoms with van der Waals surface area (Å²) in [5.74, 6) is -0.899. The van der Waals surface area contributed by atoms with E-state index in [9.17, 15) is 4.79 Å². The van der Waals surface area contributed by atoms with Crippen LogP contribution in [0.4, 0.5) is 0 Å². The van der Waals surface area contributed by atoms with Crippen molar-refractivity contribution in [2.45, 2.75) is 25.8 Å². The minimum Gasteiger partial charge on any atom is -0.478 e. The van der Waals surface area contributed by atoms with Gasteiger partial charge in [0.1, 0.15) is 0 Å². The Morgan fingerprint density at radius 1 is 1.73 bits per heavy atom. The molecule has 64 valence electrons. The maximum Gasteiger partial charge on any atom is 0.327 e. The molecule has 0 spiro atoms. The van der Waals surface area contributed by atoms with Crippen LogP contribution >= 0.6 is 9.39 Å². The van der Waals surface area contributed by atoms with Crippen molar-refractivity contribution >= 4 is 15.4 Å². The van der Waals surface area contributed by atoms with Gasteiger partial charge in [0.25, 0.3) is 0 Å². The van der Waals surface area contributed by atoms with Gasteiger partial charge in [0, 0.05) is 11.6 Å². The van der Waals surface area contributed by atoms with Gasteiger partial charge in [-0.1, -0.05) is 15.5 Å². The minimum absolute atomic E-state index is 0.0589. The van der Waals surface area contributed by atoms with Crippen LogP contribution in [0.2, 0.25) is 0 Å². The lowest BCUT2D eigenvalue weighted by atomic mass is 10.0. The maximum atomic E-state index is 10.1. The van der Waals surface area contributed by atoms with E-state index in [1.807, 2.05) is 13.8 Å². The molecule has 3 nitrogen and oxygen atoms in total. The molecule has 1 atom stereocenters. The monoisotopic (exact) mass is 175 g/mol. The summed E-state index contributed by atoms with van der Waals surface area (Å²) in [5.41, 5.74) is -0.0589. The number of rotatable bonds is 4. The van der Waals surface area contributed by atoms with Crippen LogP contribution in [0.1, 0.15) is 20.3 Å². The van der Waals surface area contributed by atoms with Gasteiger partial charge < -0.3 is 5.11 Å². The van der Waals surface area contributed by atoms with Crippen LogP contribution < -0.4 is 5.09 Å². The molecule has 2 N–H and O–H groups in total. The van der Waals surface area contributed by atoms with Crippen LogP contribution in [0, 0.1) is 0 Å². The lowest BCUT2D eigenvalue weighted by Gasteiger charge is -2.21. The number of carboxylic acids is 1. The second-order valence-electron chi connectivity index (χ2n) is 2.97. The molecule has 4 heteroatoms. The lowest BCUT2D eigenvalue weighted by Crippen LogP contribution is -2.30. The number of hydrogen-bond donors (Lipinski definition) is 2. The van der Waals surface area contributed by atoms with Gasteiger partial charge in [-0.15, -0.1) is 0 Å². The van der Waals surface area contributed by atoms with Gasteiger partial charge in [0.15, 0.2) is 0 Å². The summed E-state index contributed by atoms with van der Waals surface area (Å²) in [4.78, 5) is 10.1. The Labute approximate surface area is 69.1 Å². The van der Waals surface area contributed by atoms with Gasteiger partial charge in [-0.3, -0.25) is 5.09 Å². The number of aliphatic carboxylic acids is 1. The van der Waals surface area contributed by atoms with Crippen LogP contribution in [0.15, 0.2) is 12.2 Å². The third kappa shape index (κ3) is 6.02. The first kappa shape index (κ1) is 10.6. The number of carbonyl (C=O) groups is 1. The zero-order valence-electron chi connectivity index (χ0n) is 6.79. The van der Waals surface area contributed by atoms with E-state index in [4.69, 9.17) is 5.11 Å². The SMILES string of the molecule is CC(C)(CC=CC(=O)O)NP. The average molecular weight is 175 g/mol. The second kappa shape index (κ2) is 4.47. The van der Waals surface area contributed by atoms with Gasteiger partial charge in [0.2, 0.25) is 0 Å². The summed E-state index contributed by atoms with van der Waals surface area (Å²) >= 11 is 0. The summed E-state index contributed by atoms with van der Waals surface area (Å²) in [6.07, 6.45) is 3.49. The van der Waals surface area contributed by atoms with Crippen LogP contribution in [-0.4, -0.2) is 16.6 Å². The van der Waals surface area contributed by atoms with E-state index >= 15 is 0 Å². The molecule has 0 aromatic rings. The van der Waals surface area contributed by atoms with Gasteiger partial charge in [-0.2, -0.15) is 0 Å². The number of carboxylic acid groups (broad SMARTS) is 1. The lowest BCUT2D eigenvalue weighted by molar-refractivity contribution is -0.131. The molecule has 0 bridgehead atoms. The van der Waals surface area contributed by atoms with Crippen LogP contribution in [0.5, 0.6) is 0 Å². The smallest absolute Gasteiger partial charge is 0.327 e. The van der Waals surface area contributed by atoms with Crippen molar-refractivity contribution in [3.63, 3.8) is 0 Å². The normalized spacial score (nSPS) is 12.3. The van der Waals surface area contributed by atoms with Gasteiger partial charge in [-0.25, -0.2) is 4.79 Å². The summed E-state index contributed by atoms with van der Waals surface area (Å²) < 4.78 is 0. The van der Waals surface area contributed by atoms with E-state index in [0.29, 0.717) is 6.42 Å². The molecule has 0 rings (SSSR count). The Kier molecular flexibility index (Phi) is 4.31. The quantitative estimate of drug-likeness (QED) is 0.498. The molecule has 0 aliphatic rings. The summed E-state index contributed by atoms with van der Waals surface area (Å²) in [7, 11) is 2.41. The summed E-state index contributed by atoms with van der Waals surface area (Å²) in [6, 6.07) is 0. The Bertz CT molecular complexity index is 166. The molecular weight excluding hydrogens is 161 g/mol. The van der Waals surface area contributed by atoms with Crippen molar-refractivity contribution in [1.82, 2.24) is 5.09 Å². The molecular formula is C7H14NO2P. The number of hydrogen-bond acceptors (Lipinski definition) is 2. The molecule has 0 aliphatic heterocycles. The highest BCUT2D eigenvalue weighted by molar-refractivity contribution is 7.13. The Morgan fingerprint density at radius 3 is 2.64 bits per heavy atom. The largest absolute Gasteiger partial charge is 0.478 e. The average Bonchev–Trinajstić information content (AvgIpc) is 1.87. The highest BCUT2D eigenvalue weighted by Crippen LogP contribution is 2.10. The molecule has 0 heterocycles. The van der Waals surface area contributed by atoms with E-state index in [0.717, 1.165) is 6.08 Å². The van der Waals surface area contributed by atoms with E-state index in [1.165, 1.54) is 0 Å². The fourth-order valence-corrected chi connectivity index (χ4v) is 0.631. The summed E-state index contributed by atoms with van der Waals surface area (Å²) in [5, 5.41) is 11.3. The fraction of sp³-hybridized carbons (Fsp3) is 0.571. The Hall–Kier alpha value is -0.400. The Balaban J connectivity index is 3.78. The first-order valence-electron chi connectivity index (χ1n) is 3.35. The molecule has 0 radical (unpaired) electrons. The molecule has 0 saturated carbocycles. The molecule has 0 fully saturated rings. The zero-order valence-corrected chi connectivity index (χ0v) is 7.95. The van der Waals surface area contributed by atoms with Gasteiger partial charge in [-0.05, 0) is 20.3 Å². The standard InChI is InChI=1S/C7H14NO2P/c1-7(2,8-11)5-3-4-6(9)10/h3-4,8H,5,11H2,1-2H3,(H,9,10). The van der Waals surface area contributed by atoms with Crippen LogP contribution in [0.25, 0.3) is 0 Å². The van der Waals surface area contributed by atoms with E-state index < -0.39 is 5.97 Å². The number of nitrogens with one attached hydrogen (secondary N) is 1. The second-order valence-corrected chi connectivity index (χ2v) is 3.26. The zero-order chi connectivity index (χ0) is 8.91. The highest BCUT2D eigenvalue weighted by Gasteiger charge is 2.11. The van der Waals surface area contributed by atoms with Crippen molar-refractivity contribution in [2.24, 2.45) is 0 Å². The Morgan fingerprint density at radius 2 is 2.27 bits per heavy atom. The van der Waals surface area contributed by atoms with Crippen LogP contribution in [-0.2, 0) is 4.79 Å². The molecule has 0 aromatic heterocycles. The fourth-order valence-electron chi connectivity index (χ4n) is 0.513. The van der Waals surface area contributed by atoms with Gasteiger partial charge >= 0.3 is 5.97 Å². The first-order valence-corrected chi connectivity index (χ1v) is 3.93. The van der Waals surface area contributed by atoms with Crippen molar-refractivity contribution in [1.29, 1.82) is 0 Å². The van der Waals surface area contributed by atoms with E-state index in [1.54, 1.807) is 6.08 Å². The predicted octanol–water partition coefficient (Wildman–Crippen LogP) is 1.18. The third-order valence-electron chi connectivity index (χ3n) is 1.28. The maximum absolute atomic E-state index is 10.1. The van der Waals surface area contributed by atoms with Crippen molar-refractivity contribution in [2.75, 3.05) is 0 Å². The van der Waals surface area contributed by atoms with E-state index in [-0.39, 0.29) is 5.54 Å². The molecule has 0 amide bonds. The predicted molar refractivity (Wildman–Crippen MR) is 48.3 cm³/mol. The molecule has 1 unspecified atom stereocenters. The highest BCUT2D eigenvalue weighted by atomic mass is 31.0. The molecule has 0 aliphatic carbocycles. The first-order chi connectivity index (χ1) is 4.98. The minimum atomic E-state index is -0.899. The van der Waals surface area contributed by atoms with Crippen LogP contribution in [0.3, 0.4) is 0 Å². The van der Waals surface area contributed by atoms with Crippen molar-refractivity contribution < 1.29 is 9.90 Å². The van der Waals surface area contributed by atoms with Crippen molar-refractivity contribution in [3.05, 3.63) is 12.2 Å². The molecule has 0 saturated heterocycles. The summed E-state index contributed by atoms with van der Waals surface area (Å²) in [6.45, 7) is 3.98. The van der Waals surface area contributed by atoms with E-state index in [2.05, 4.69) is 14.5 Å². The van der Waals surface area contributed by atoms with Gasteiger partial charge in [0.05, 0.1) is 0 Å². The molecule has 0 aromatic carbocycles. The topological polar surface area (TPSA) is 49.3 Å². The van der Waals surface area contributed by atoms with Crippen molar-refractivity contribution in [3.8, 4) is 0 Å². The third-order valence-corrected chi connectivity index (χ3v) is 2.06.